The maximum absolute atomic E-state index is 12.0. The van der Waals surface area contributed by atoms with Gasteiger partial charge in [0.25, 0.3) is 0 Å². The van der Waals surface area contributed by atoms with E-state index in [9.17, 15) is 4.79 Å². The monoisotopic (exact) mass is 335 g/mol. The molecule has 0 aliphatic carbocycles. The van der Waals surface area contributed by atoms with Crippen molar-refractivity contribution in [1.29, 1.82) is 0 Å². The molecule has 0 radical (unpaired) electrons. The minimum Gasteiger partial charge on any atom is -0.403 e. The van der Waals surface area contributed by atoms with E-state index in [1.165, 1.54) is 0 Å². The molecule has 5 heteroatoms. The van der Waals surface area contributed by atoms with E-state index in [1.807, 2.05) is 24.3 Å². The van der Waals surface area contributed by atoms with Crippen LogP contribution >= 0.6 is 27.5 Å². The van der Waals surface area contributed by atoms with Crippen LogP contribution in [-0.2, 0) is 0 Å². The minimum atomic E-state index is -0.446. The summed E-state index contributed by atoms with van der Waals surface area (Å²) in [5.74, 6) is 0.285. The fourth-order valence-electron chi connectivity index (χ4n) is 1.79. The molecule has 1 heterocycles. The van der Waals surface area contributed by atoms with E-state index < -0.39 is 5.63 Å². The van der Waals surface area contributed by atoms with E-state index in [-0.39, 0.29) is 5.89 Å². The molecule has 0 amide bonds. The number of benzene rings is 2. The summed E-state index contributed by atoms with van der Waals surface area (Å²) in [6.07, 6.45) is 0. The number of rotatable bonds is 1. The molecule has 19 heavy (non-hydrogen) atoms. The lowest BCUT2D eigenvalue weighted by molar-refractivity contribution is 0.518. The van der Waals surface area contributed by atoms with Gasteiger partial charge in [-0.1, -0.05) is 23.7 Å². The summed E-state index contributed by atoms with van der Waals surface area (Å²) >= 11 is 9.27. The standard InChI is InChI=1S/C14H7BrClNO2/c15-11-4-2-1-3-9(11)13-17-12-6-5-8(16)7-10(12)14(18)19-13/h1-7H. The van der Waals surface area contributed by atoms with Crippen molar-refractivity contribution in [2.24, 2.45) is 0 Å². The molecule has 0 spiro atoms. The smallest absolute Gasteiger partial charge is 0.347 e. The highest BCUT2D eigenvalue weighted by Gasteiger charge is 2.11. The third-order valence-corrected chi connectivity index (χ3v) is 3.62. The zero-order chi connectivity index (χ0) is 13.4. The van der Waals surface area contributed by atoms with Crippen molar-refractivity contribution in [3.05, 3.63) is 62.4 Å². The zero-order valence-corrected chi connectivity index (χ0v) is 11.9. The van der Waals surface area contributed by atoms with E-state index in [2.05, 4.69) is 20.9 Å². The number of halogens is 2. The van der Waals surface area contributed by atoms with E-state index in [0.717, 1.165) is 10.0 Å². The Morgan fingerprint density at radius 3 is 2.74 bits per heavy atom. The van der Waals surface area contributed by atoms with Crippen molar-refractivity contribution in [1.82, 2.24) is 4.98 Å². The molecule has 0 bridgehead atoms. The molecule has 3 aromatic rings. The minimum absolute atomic E-state index is 0.285. The fourth-order valence-corrected chi connectivity index (χ4v) is 2.42. The number of nitrogens with zero attached hydrogens (tertiary/aromatic N) is 1. The Bertz CT molecular complexity index is 829. The van der Waals surface area contributed by atoms with Crippen molar-refractivity contribution < 1.29 is 4.42 Å². The Balaban J connectivity index is 2.31. The first-order valence-electron chi connectivity index (χ1n) is 5.50. The number of fused-ring (bicyclic) bond motifs is 1. The molecule has 0 aliphatic rings. The van der Waals surface area contributed by atoms with E-state index in [4.69, 9.17) is 16.0 Å². The highest BCUT2D eigenvalue weighted by atomic mass is 79.9. The SMILES string of the molecule is O=c1oc(-c2ccccc2Br)nc2ccc(Cl)cc12. The van der Waals surface area contributed by atoms with Crippen LogP contribution in [0.5, 0.6) is 0 Å². The highest BCUT2D eigenvalue weighted by molar-refractivity contribution is 9.10. The van der Waals surface area contributed by atoms with Crippen LogP contribution in [0.1, 0.15) is 0 Å². The number of hydrogen-bond acceptors (Lipinski definition) is 3. The van der Waals surface area contributed by atoms with Crippen molar-refractivity contribution in [2.45, 2.75) is 0 Å². The van der Waals surface area contributed by atoms with E-state index in [1.54, 1.807) is 18.2 Å². The third-order valence-electron chi connectivity index (χ3n) is 2.69. The van der Waals surface area contributed by atoms with Crippen LogP contribution in [0, 0.1) is 0 Å². The van der Waals surface area contributed by atoms with Crippen LogP contribution in [0.2, 0.25) is 5.02 Å². The quantitative estimate of drug-likeness (QED) is 0.666. The lowest BCUT2D eigenvalue weighted by atomic mass is 10.2. The molecule has 0 atom stereocenters. The molecule has 0 saturated carbocycles. The van der Waals surface area contributed by atoms with Gasteiger partial charge in [-0.15, -0.1) is 0 Å². The largest absolute Gasteiger partial charge is 0.403 e. The Kier molecular flexibility index (Phi) is 3.12. The third kappa shape index (κ3) is 2.29. The second-order valence-electron chi connectivity index (χ2n) is 3.95. The lowest BCUT2D eigenvalue weighted by Gasteiger charge is -2.03. The molecule has 0 saturated heterocycles. The van der Waals surface area contributed by atoms with Crippen LogP contribution in [0.15, 0.2) is 56.1 Å². The summed E-state index contributed by atoms with van der Waals surface area (Å²) in [6, 6.07) is 12.4. The summed E-state index contributed by atoms with van der Waals surface area (Å²) in [4.78, 5) is 16.3. The van der Waals surface area contributed by atoms with E-state index >= 15 is 0 Å². The second-order valence-corrected chi connectivity index (χ2v) is 5.24. The van der Waals surface area contributed by atoms with Crippen LogP contribution in [0.4, 0.5) is 0 Å². The number of hydrogen-bond donors (Lipinski definition) is 0. The van der Waals surface area contributed by atoms with Gasteiger partial charge in [-0.05, 0) is 46.3 Å². The van der Waals surface area contributed by atoms with Gasteiger partial charge >= 0.3 is 5.63 Å². The first-order chi connectivity index (χ1) is 9.15. The molecule has 3 nitrogen and oxygen atoms in total. The molecule has 3 rings (SSSR count). The molecule has 2 aromatic carbocycles. The normalized spacial score (nSPS) is 10.8. The van der Waals surface area contributed by atoms with Gasteiger partial charge in [0.05, 0.1) is 16.5 Å². The zero-order valence-electron chi connectivity index (χ0n) is 9.56. The molecular formula is C14H7BrClNO2. The van der Waals surface area contributed by atoms with Gasteiger partial charge in [0, 0.05) is 9.50 Å². The Morgan fingerprint density at radius 1 is 1.16 bits per heavy atom. The van der Waals surface area contributed by atoms with Gasteiger partial charge in [-0.2, -0.15) is 0 Å². The molecular weight excluding hydrogens is 330 g/mol. The van der Waals surface area contributed by atoms with Gasteiger partial charge < -0.3 is 4.42 Å². The molecule has 94 valence electrons. The van der Waals surface area contributed by atoms with Gasteiger partial charge in [0.15, 0.2) is 0 Å². The van der Waals surface area contributed by atoms with Crippen LogP contribution in [-0.4, -0.2) is 4.98 Å². The Labute approximate surface area is 122 Å². The van der Waals surface area contributed by atoms with Crippen molar-refractivity contribution in [3.8, 4) is 11.5 Å². The lowest BCUT2D eigenvalue weighted by Crippen LogP contribution is -2.03. The van der Waals surface area contributed by atoms with Crippen LogP contribution < -0.4 is 5.63 Å². The maximum atomic E-state index is 12.0. The van der Waals surface area contributed by atoms with Gasteiger partial charge in [-0.3, -0.25) is 0 Å². The molecule has 0 unspecified atom stereocenters. The number of aromatic nitrogens is 1. The Hall–Kier alpha value is -1.65. The highest BCUT2D eigenvalue weighted by Crippen LogP contribution is 2.27. The predicted molar refractivity (Wildman–Crippen MR) is 78.4 cm³/mol. The summed E-state index contributed by atoms with van der Waals surface area (Å²) in [7, 11) is 0. The Morgan fingerprint density at radius 2 is 1.95 bits per heavy atom. The van der Waals surface area contributed by atoms with Crippen molar-refractivity contribution in [2.75, 3.05) is 0 Å². The molecule has 1 aromatic heterocycles. The van der Waals surface area contributed by atoms with Crippen molar-refractivity contribution >= 4 is 38.4 Å². The van der Waals surface area contributed by atoms with Crippen LogP contribution in [0.3, 0.4) is 0 Å². The summed E-state index contributed by atoms with van der Waals surface area (Å²) in [5.41, 5.74) is 0.848. The molecule has 0 fully saturated rings. The summed E-state index contributed by atoms with van der Waals surface area (Å²) in [5, 5.41) is 0.860. The fraction of sp³-hybridized carbons (Fsp3) is 0. The van der Waals surface area contributed by atoms with Gasteiger partial charge in [0.1, 0.15) is 0 Å². The van der Waals surface area contributed by atoms with Crippen molar-refractivity contribution in [3.63, 3.8) is 0 Å². The van der Waals surface area contributed by atoms with Gasteiger partial charge in [-0.25, -0.2) is 9.78 Å². The maximum Gasteiger partial charge on any atom is 0.347 e. The first kappa shape index (κ1) is 12.4. The first-order valence-corrected chi connectivity index (χ1v) is 6.67. The summed E-state index contributed by atoms with van der Waals surface area (Å²) in [6.45, 7) is 0. The topological polar surface area (TPSA) is 43.1 Å². The average Bonchev–Trinajstić information content (AvgIpc) is 2.40. The summed E-state index contributed by atoms with van der Waals surface area (Å²) < 4.78 is 6.08. The molecule has 0 aliphatic heterocycles. The molecule has 0 N–H and O–H groups in total. The average molecular weight is 337 g/mol. The second kappa shape index (κ2) is 4.79. The van der Waals surface area contributed by atoms with E-state index in [0.29, 0.717) is 15.9 Å². The predicted octanol–water partition coefficient (Wildman–Crippen LogP) is 4.27. The van der Waals surface area contributed by atoms with Gasteiger partial charge in [0.2, 0.25) is 5.89 Å². The van der Waals surface area contributed by atoms with Crippen LogP contribution in [0.25, 0.3) is 22.4 Å².